The summed E-state index contributed by atoms with van der Waals surface area (Å²) in [5.41, 5.74) is 1.68. The average molecular weight is 359 g/mol. The number of hydrogen-bond donors (Lipinski definition) is 1. The van der Waals surface area contributed by atoms with E-state index in [4.69, 9.17) is 9.47 Å². The van der Waals surface area contributed by atoms with Crippen LogP contribution in [0.4, 0.5) is 4.39 Å². The second kappa shape index (κ2) is 7.74. The maximum Gasteiger partial charge on any atom is 0.308 e. The Morgan fingerprint density at radius 3 is 2.54 bits per heavy atom. The Hall–Kier alpha value is -2.60. The van der Waals surface area contributed by atoms with E-state index in [0.29, 0.717) is 25.4 Å². The monoisotopic (exact) mass is 359 g/mol. The van der Waals surface area contributed by atoms with Crippen LogP contribution in [-0.4, -0.2) is 43.3 Å². The third kappa shape index (κ3) is 3.65. The van der Waals surface area contributed by atoms with Crippen molar-refractivity contribution >= 4 is 5.97 Å². The second-order valence-electron chi connectivity index (χ2n) is 6.46. The van der Waals surface area contributed by atoms with Crippen molar-refractivity contribution in [3.63, 3.8) is 0 Å². The third-order valence-corrected chi connectivity index (χ3v) is 4.87. The predicted octanol–water partition coefficient (Wildman–Crippen LogP) is 3.14. The number of ether oxygens (including phenoxy) is 2. The molecule has 1 heterocycles. The highest BCUT2D eigenvalue weighted by atomic mass is 19.1. The van der Waals surface area contributed by atoms with E-state index in [1.165, 1.54) is 13.2 Å². The summed E-state index contributed by atoms with van der Waals surface area (Å²) < 4.78 is 24.3. The molecule has 0 aromatic heterocycles. The highest BCUT2D eigenvalue weighted by Crippen LogP contribution is 2.38. The van der Waals surface area contributed by atoms with Crippen molar-refractivity contribution in [1.82, 2.24) is 4.90 Å². The Morgan fingerprint density at radius 2 is 1.88 bits per heavy atom. The molecule has 1 aliphatic rings. The minimum atomic E-state index is -0.829. The zero-order valence-corrected chi connectivity index (χ0v) is 14.8. The molecular weight excluding hydrogens is 337 g/mol. The summed E-state index contributed by atoms with van der Waals surface area (Å²) in [4.78, 5) is 13.8. The molecule has 1 aliphatic heterocycles. The summed E-state index contributed by atoms with van der Waals surface area (Å²) >= 11 is 0. The number of carbonyl (C=O) groups is 1. The minimum Gasteiger partial charge on any atom is -0.496 e. The van der Waals surface area contributed by atoms with Crippen LogP contribution < -0.4 is 9.47 Å². The molecule has 1 fully saturated rings. The number of halogens is 1. The van der Waals surface area contributed by atoms with Crippen molar-refractivity contribution in [2.24, 2.45) is 5.92 Å². The third-order valence-electron chi connectivity index (χ3n) is 4.87. The van der Waals surface area contributed by atoms with Gasteiger partial charge in [-0.05, 0) is 29.3 Å². The van der Waals surface area contributed by atoms with Gasteiger partial charge in [-0.2, -0.15) is 0 Å². The predicted molar refractivity (Wildman–Crippen MR) is 95.1 cm³/mol. The molecule has 6 heteroatoms. The van der Waals surface area contributed by atoms with Gasteiger partial charge in [0.05, 0.1) is 20.1 Å². The lowest BCUT2D eigenvalue weighted by molar-refractivity contribution is -0.141. The standard InChI is InChI=1S/C20H22FNO4/c1-25-18-6-4-3-5-14(18)15-11-22(12-16(15)20(23)24)10-13-7-8-19(26-2)17(21)9-13/h3-9,15-16H,10-12H2,1-2H3,(H,23,24)/t15-,16+/m1/s1. The van der Waals surface area contributed by atoms with Crippen LogP contribution in [0.25, 0.3) is 0 Å². The van der Waals surface area contributed by atoms with Crippen LogP contribution in [0.15, 0.2) is 42.5 Å². The summed E-state index contributed by atoms with van der Waals surface area (Å²) in [6.07, 6.45) is 0. The van der Waals surface area contributed by atoms with E-state index in [-0.39, 0.29) is 11.7 Å². The largest absolute Gasteiger partial charge is 0.496 e. The molecular formula is C20H22FNO4. The SMILES string of the molecule is COc1ccc(CN2C[C@H](C(=O)O)[C@@H](c3ccccc3OC)C2)cc1F. The summed E-state index contributed by atoms with van der Waals surface area (Å²) in [5, 5.41) is 9.66. The number of aliphatic carboxylic acids is 1. The van der Waals surface area contributed by atoms with Gasteiger partial charge in [0.1, 0.15) is 5.75 Å². The van der Waals surface area contributed by atoms with Gasteiger partial charge in [0.2, 0.25) is 0 Å². The van der Waals surface area contributed by atoms with Gasteiger partial charge in [-0.1, -0.05) is 24.3 Å². The number of methoxy groups -OCH3 is 2. The quantitative estimate of drug-likeness (QED) is 0.859. The number of para-hydroxylation sites is 1. The fourth-order valence-electron chi connectivity index (χ4n) is 3.62. The van der Waals surface area contributed by atoms with Gasteiger partial charge in [-0.3, -0.25) is 9.69 Å². The van der Waals surface area contributed by atoms with Gasteiger partial charge in [0, 0.05) is 25.6 Å². The molecule has 26 heavy (non-hydrogen) atoms. The van der Waals surface area contributed by atoms with Crippen LogP contribution in [-0.2, 0) is 11.3 Å². The number of benzene rings is 2. The van der Waals surface area contributed by atoms with Crippen LogP contribution in [0.2, 0.25) is 0 Å². The first-order valence-electron chi connectivity index (χ1n) is 8.44. The first kappa shape index (κ1) is 18.2. The first-order chi connectivity index (χ1) is 12.5. The smallest absolute Gasteiger partial charge is 0.308 e. The lowest BCUT2D eigenvalue weighted by Crippen LogP contribution is -2.23. The van der Waals surface area contributed by atoms with Crippen LogP contribution in [0, 0.1) is 11.7 Å². The van der Waals surface area contributed by atoms with E-state index in [2.05, 4.69) is 0 Å². The van der Waals surface area contributed by atoms with Gasteiger partial charge >= 0.3 is 5.97 Å². The Morgan fingerprint density at radius 1 is 1.15 bits per heavy atom. The Balaban J connectivity index is 1.81. The highest BCUT2D eigenvalue weighted by molar-refractivity contribution is 5.72. The zero-order valence-electron chi connectivity index (χ0n) is 14.8. The molecule has 138 valence electrons. The van der Waals surface area contributed by atoms with Crippen molar-refractivity contribution in [1.29, 1.82) is 0 Å². The zero-order chi connectivity index (χ0) is 18.7. The summed E-state index contributed by atoms with van der Waals surface area (Å²) in [6, 6.07) is 12.3. The number of rotatable bonds is 6. The Bertz CT molecular complexity index is 795. The van der Waals surface area contributed by atoms with Crippen LogP contribution in [0.1, 0.15) is 17.0 Å². The van der Waals surface area contributed by atoms with Crippen LogP contribution in [0.3, 0.4) is 0 Å². The van der Waals surface area contributed by atoms with Gasteiger partial charge in [-0.15, -0.1) is 0 Å². The molecule has 1 N–H and O–H groups in total. The molecule has 3 rings (SSSR count). The van der Waals surface area contributed by atoms with E-state index in [0.717, 1.165) is 11.1 Å². The highest BCUT2D eigenvalue weighted by Gasteiger charge is 2.39. The summed E-state index contributed by atoms with van der Waals surface area (Å²) in [6.45, 7) is 1.47. The minimum absolute atomic E-state index is 0.174. The van der Waals surface area contributed by atoms with Gasteiger partial charge in [0.25, 0.3) is 0 Å². The van der Waals surface area contributed by atoms with Crippen molar-refractivity contribution in [2.75, 3.05) is 27.3 Å². The van der Waals surface area contributed by atoms with Crippen LogP contribution in [0.5, 0.6) is 11.5 Å². The number of carboxylic acids is 1. The normalized spacial score (nSPS) is 20.1. The van der Waals surface area contributed by atoms with Gasteiger partial charge < -0.3 is 14.6 Å². The van der Waals surface area contributed by atoms with Crippen molar-refractivity contribution in [3.05, 3.63) is 59.4 Å². The summed E-state index contributed by atoms with van der Waals surface area (Å²) in [7, 11) is 3.01. The Kier molecular flexibility index (Phi) is 5.42. The molecule has 1 saturated heterocycles. The van der Waals surface area contributed by atoms with E-state index >= 15 is 0 Å². The Labute approximate surface area is 152 Å². The second-order valence-corrected chi connectivity index (χ2v) is 6.46. The van der Waals surface area contributed by atoms with E-state index in [9.17, 15) is 14.3 Å². The van der Waals surface area contributed by atoms with Crippen LogP contribution >= 0.6 is 0 Å². The molecule has 2 atom stereocenters. The molecule has 2 aromatic carbocycles. The molecule has 0 amide bonds. The molecule has 0 spiro atoms. The molecule has 0 saturated carbocycles. The van der Waals surface area contributed by atoms with Gasteiger partial charge in [0.15, 0.2) is 11.6 Å². The summed E-state index contributed by atoms with van der Waals surface area (Å²) in [5.74, 6) is -1.06. The molecule has 0 unspecified atom stereocenters. The number of likely N-dealkylation sites (tertiary alicyclic amines) is 1. The number of carboxylic acid groups (broad SMARTS) is 1. The van der Waals surface area contributed by atoms with Crippen molar-refractivity contribution in [3.8, 4) is 11.5 Å². The van der Waals surface area contributed by atoms with Crippen molar-refractivity contribution in [2.45, 2.75) is 12.5 Å². The maximum absolute atomic E-state index is 13.9. The molecule has 0 bridgehead atoms. The van der Waals surface area contributed by atoms with E-state index < -0.39 is 17.7 Å². The topological polar surface area (TPSA) is 59.0 Å². The van der Waals surface area contributed by atoms with E-state index in [1.54, 1.807) is 19.2 Å². The fraction of sp³-hybridized carbons (Fsp3) is 0.350. The lowest BCUT2D eigenvalue weighted by atomic mass is 9.88. The maximum atomic E-state index is 13.9. The van der Waals surface area contributed by atoms with E-state index in [1.807, 2.05) is 29.2 Å². The van der Waals surface area contributed by atoms with Gasteiger partial charge in [-0.25, -0.2) is 4.39 Å². The molecule has 5 nitrogen and oxygen atoms in total. The average Bonchev–Trinajstić information content (AvgIpc) is 3.06. The lowest BCUT2D eigenvalue weighted by Gasteiger charge is -2.18. The van der Waals surface area contributed by atoms with Crippen molar-refractivity contribution < 1.29 is 23.8 Å². The number of nitrogens with zero attached hydrogens (tertiary/aromatic N) is 1. The molecule has 0 radical (unpaired) electrons. The fourth-order valence-corrected chi connectivity index (χ4v) is 3.62. The molecule has 2 aromatic rings. The first-order valence-corrected chi connectivity index (χ1v) is 8.44. The molecule has 0 aliphatic carbocycles. The number of hydrogen-bond acceptors (Lipinski definition) is 4.